The molecule has 8 nitrogen and oxygen atoms in total. The summed E-state index contributed by atoms with van der Waals surface area (Å²) in [5, 5.41) is 22.5. The largest absolute Gasteiger partial charge is 0.481 e. The van der Waals surface area contributed by atoms with E-state index in [-0.39, 0.29) is 37.9 Å². The number of nitrogens with one attached hydrogen (secondary N) is 2. The maximum absolute atomic E-state index is 12.0. The summed E-state index contributed by atoms with van der Waals surface area (Å²) in [4.78, 5) is 38.7. The van der Waals surface area contributed by atoms with E-state index < -0.39 is 5.97 Å². The maximum Gasteiger partial charge on any atom is 0.307 e. The zero-order valence-corrected chi connectivity index (χ0v) is 14.5. The molecule has 0 unspecified atom stereocenters. The van der Waals surface area contributed by atoms with Gasteiger partial charge >= 0.3 is 5.97 Å². The molecule has 0 bridgehead atoms. The zero-order valence-electron chi connectivity index (χ0n) is 14.5. The summed E-state index contributed by atoms with van der Waals surface area (Å²) >= 11 is 0. The third-order valence-corrected chi connectivity index (χ3v) is 3.71. The normalized spacial score (nSPS) is 10.3. The molecule has 0 aliphatic rings. The van der Waals surface area contributed by atoms with Crippen LogP contribution in [0.25, 0.3) is 0 Å². The summed E-state index contributed by atoms with van der Waals surface area (Å²) < 4.78 is 0. The number of benzene rings is 2. The Morgan fingerprint density at radius 2 is 1.22 bits per heavy atom. The number of rotatable bonds is 9. The Kier molecular flexibility index (Phi) is 7.48. The Morgan fingerprint density at radius 3 is 1.63 bits per heavy atom. The minimum Gasteiger partial charge on any atom is -0.481 e. The lowest BCUT2D eigenvalue weighted by Crippen LogP contribution is -2.34. The van der Waals surface area contributed by atoms with E-state index in [9.17, 15) is 14.4 Å². The molecule has 2 aromatic carbocycles. The maximum atomic E-state index is 12.0. The molecule has 0 saturated carbocycles. The van der Waals surface area contributed by atoms with E-state index in [0.717, 1.165) is 5.56 Å². The van der Waals surface area contributed by atoms with Crippen molar-refractivity contribution in [3.8, 4) is 0 Å². The summed E-state index contributed by atoms with van der Waals surface area (Å²) in [6.45, 7) is 0.548. The number of carboxylic acid groups (broad SMARTS) is 1. The molecule has 27 heavy (non-hydrogen) atoms. The first kappa shape index (κ1) is 20.1. The van der Waals surface area contributed by atoms with Crippen LogP contribution in [0.4, 0.5) is 0 Å². The van der Waals surface area contributed by atoms with Crippen molar-refractivity contribution in [3.63, 3.8) is 0 Å². The first-order valence-electron chi connectivity index (χ1n) is 8.22. The fourth-order valence-electron chi connectivity index (χ4n) is 2.33. The molecule has 0 fully saturated rings. The molecule has 2 amide bonds. The predicted octanol–water partition coefficient (Wildman–Crippen LogP) is 1.46. The van der Waals surface area contributed by atoms with Gasteiger partial charge in [0.15, 0.2) is 0 Å². The molecule has 0 aromatic heterocycles. The van der Waals surface area contributed by atoms with E-state index in [2.05, 4.69) is 15.5 Å². The topological polar surface area (TPSA) is 125 Å². The predicted molar refractivity (Wildman–Crippen MR) is 96.3 cm³/mol. The van der Waals surface area contributed by atoms with Crippen LogP contribution in [-0.4, -0.2) is 41.2 Å². The zero-order chi connectivity index (χ0) is 19.6. The molecule has 0 aliphatic heterocycles. The number of hydrogen-bond donors (Lipinski definition) is 4. The molecule has 8 heteroatoms. The Labute approximate surface area is 155 Å². The third-order valence-electron chi connectivity index (χ3n) is 3.71. The second kappa shape index (κ2) is 10.0. The summed E-state index contributed by atoms with van der Waals surface area (Å²) in [6, 6.07) is 12.9. The summed E-state index contributed by atoms with van der Waals surface area (Å²) in [6.07, 6.45) is -0.0953. The van der Waals surface area contributed by atoms with Crippen LogP contribution in [0.5, 0.6) is 0 Å². The van der Waals surface area contributed by atoms with Gasteiger partial charge in [0.25, 0.3) is 11.8 Å². The second-order valence-corrected chi connectivity index (χ2v) is 5.75. The van der Waals surface area contributed by atoms with Crippen molar-refractivity contribution in [3.05, 3.63) is 70.8 Å². The van der Waals surface area contributed by atoms with Gasteiger partial charge in [-0.3, -0.25) is 19.6 Å². The van der Waals surface area contributed by atoms with E-state index in [1.165, 1.54) is 0 Å². The average molecular weight is 372 g/mol. The molecule has 4 N–H and O–H groups in total. The minimum atomic E-state index is -0.931. The van der Waals surface area contributed by atoms with Crippen molar-refractivity contribution in [2.75, 3.05) is 13.1 Å². The van der Waals surface area contributed by atoms with Crippen LogP contribution in [0.2, 0.25) is 0 Å². The van der Waals surface area contributed by atoms with E-state index >= 15 is 0 Å². The molecule has 0 radical (unpaired) electrons. The van der Waals surface area contributed by atoms with Crippen molar-refractivity contribution in [2.24, 2.45) is 0 Å². The van der Waals surface area contributed by atoms with Crippen molar-refractivity contribution >= 4 is 17.8 Å². The van der Waals surface area contributed by atoms with E-state index in [0.29, 0.717) is 16.7 Å². The van der Waals surface area contributed by atoms with Crippen molar-refractivity contribution in [1.82, 2.24) is 10.6 Å². The van der Waals surface area contributed by atoms with Crippen LogP contribution in [0, 0.1) is 0 Å². The Balaban J connectivity index is 1.74. The highest BCUT2D eigenvalue weighted by Crippen LogP contribution is 2.06. The fourth-order valence-corrected chi connectivity index (χ4v) is 2.33. The van der Waals surface area contributed by atoms with Crippen LogP contribution in [-0.2, 0) is 22.7 Å². The molecule has 0 atom stereocenters. The molecule has 0 saturated heterocycles. The van der Waals surface area contributed by atoms with Crippen molar-refractivity contribution in [2.45, 2.75) is 13.0 Å². The molecule has 0 heterocycles. The van der Waals surface area contributed by atoms with Crippen LogP contribution in [0.3, 0.4) is 0 Å². The van der Waals surface area contributed by atoms with Crippen molar-refractivity contribution < 1.29 is 29.6 Å². The van der Waals surface area contributed by atoms with Crippen LogP contribution in [0.1, 0.15) is 31.8 Å². The molecular formula is C19H20N2O6. The first-order valence-corrected chi connectivity index (χ1v) is 8.22. The quantitative estimate of drug-likeness (QED) is 0.300. The lowest BCUT2D eigenvalue weighted by Gasteiger charge is -2.08. The van der Waals surface area contributed by atoms with Gasteiger partial charge in [-0.15, -0.1) is 0 Å². The highest BCUT2D eigenvalue weighted by Gasteiger charge is 2.08. The number of hydrogen-bond acceptors (Lipinski definition) is 5. The fraction of sp³-hybridized carbons (Fsp3) is 0.211. The highest BCUT2D eigenvalue weighted by molar-refractivity contribution is 5.95. The molecule has 0 aliphatic carbocycles. The summed E-state index contributed by atoms with van der Waals surface area (Å²) in [5.41, 5.74) is 2.22. The van der Waals surface area contributed by atoms with E-state index in [1.54, 1.807) is 48.5 Å². The van der Waals surface area contributed by atoms with E-state index in [4.69, 9.17) is 10.4 Å². The van der Waals surface area contributed by atoms with Gasteiger partial charge in [-0.25, -0.2) is 4.89 Å². The first-order chi connectivity index (χ1) is 13.0. The highest BCUT2D eigenvalue weighted by atomic mass is 17.1. The van der Waals surface area contributed by atoms with E-state index in [1.807, 2.05) is 0 Å². The Hall–Kier alpha value is -3.23. The van der Waals surface area contributed by atoms with Gasteiger partial charge in [-0.2, -0.15) is 0 Å². The van der Waals surface area contributed by atoms with Crippen LogP contribution < -0.4 is 10.6 Å². The smallest absolute Gasteiger partial charge is 0.307 e. The summed E-state index contributed by atoms with van der Waals surface area (Å²) in [5.74, 6) is -1.52. The van der Waals surface area contributed by atoms with Gasteiger partial charge in [0.1, 0.15) is 6.61 Å². The van der Waals surface area contributed by atoms with Gasteiger partial charge in [0.05, 0.1) is 6.42 Å². The number of carboxylic acids is 1. The lowest BCUT2D eigenvalue weighted by molar-refractivity contribution is -0.253. The van der Waals surface area contributed by atoms with Crippen molar-refractivity contribution in [1.29, 1.82) is 0 Å². The van der Waals surface area contributed by atoms with Gasteiger partial charge in [-0.1, -0.05) is 24.3 Å². The van der Waals surface area contributed by atoms with Gasteiger partial charge < -0.3 is 15.7 Å². The van der Waals surface area contributed by atoms with Gasteiger partial charge in [0.2, 0.25) is 0 Å². The average Bonchev–Trinajstić information content (AvgIpc) is 2.66. The standard InChI is InChI=1S/C19H20N2O6/c22-17(23)11-13-1-5-15(6-2-13)18(24)20-9-10-21-19(25)16-7-3-14(4-8-16)12-27-26/h1-8,26H,9-12H2,(H,20,24)(H,21,25)(H,22,23). The molecule has 0 spiro atoms. The monoisotopic (exact) mass is 372 g/mol. The Bertz CT molecular complexity index is 787. The number of amides is 2. The third kappa shape index (κ3) is 6.53. The minimum absolute atomic E-state index is 0.0468. The summed E-state index contributed by atoms with van der Waals surface area (Å²) in [7, 11) is 0. The van der Waals surface area contributed by atoms with Crippen LogP contribution in [0.15, 0.2) is 48.5 Å². The number of carbonyl (C=O) groups excluding carboxylic acids is 2. The van der Waals surface area contributed by atoms with Gasteiger partial charge in [0, 0.05) is 24.2 Å². The number of carbonyl (C=O) groups is 3. The molecule has 2 aromatic rings. The molecule has 142 valence electrons. The van der Waals surface area contributed by atoms with Crippen LogP contribution >= 0.6 is 0 Å². The molecule has 2 rings (SSSR count). The van der Waals surface area contributed by atoms with Gasteiger partial charge in [-0.05, 0) is 35.4 Å². The molecular weight excluding hydrogens is 352 g/mol. The SMILES string of the molecule is O=C(O)Cc1ccc(C(=O)NCCNC(=O)c2ccc(COO)cc2)cc1. The second-order valence-electron chi connectivity index (χ2n) is 5.75. The lowest BCUT2D eigenvalue weighted by atomic mass is 10.1. The number of aliphatic carboxylic acids is 1. The Morgan fingerprint density at radius 1 is 0.778 bits per heavy atom.